The van der Waals surface area contributed by atoms with Gasteiger partial charge in [-0.1, -0.05) is 0 Å². The van der Waals surface area contributed by atoms with Crippen LogP contribution in [0, 0.1) is 0 Å². The first-order chi connectivity index (χ1) is 12.6. The van der Waals surface area contributed by atoms with E-state index in [1.807, 2.05) is 12.1 Å². The van der Waals surface area contributed by atoms with E-state index in [1.54, 1.807) is 42.3 Å². The van der Waals surface area contributed by atoms with Crippen molar-refractivity contribution in [3.05, 3.63) is 60.0 Å². The first-order valence-corrected chi connectivity index (χ1v) is 7.71. The summed E-state index contributed by atoms with van der Waals surface area (Å²) in [4.78, 5) is 25.5. The molecule has 0 aliphatic carbocycles. The molecule has 0 aromatic heterocycles. The number of methoxy groups -OCH3 is 3. The highest BCUT2D eigenvalue weighted by Gasteiger charge is 2.26. The van der Waals surface area contributed by atoms with E-state index < -0.39 is 11.9 Å². The Morgan fingerprint density at radius 1 is 0.923 bits per heavy atom. The van der Waals surface area contributed by atoms with Crippen molar-refractivity contribution in [2.75, 3.05) is 26.2 Å². The smallest absolute Gasteiger partial charge is 0.375 e. The number of fused-ring (bicyclic) bond motifs is 1. The molecule has 1 aliphatic heterocycles. The maximum atomic E-state index is 11.9. The summed E-state index contributed by atoms with van der Waals surface area (Å²) in [5.74, 6) is 0.0668. The maximum absolute atomic E-state index is 11.9. The monoisotopic (exact) mass is 355 g/mol. The second-order valence-electron chi connectivity index (χ2n) is 5.33. The van der Waals surface area contributed by atoms with Crippen LogP contribution in [0.5, 0.6) is 11.5 Å². The minimum atomic E-state index is -0.605. The predicted octanol–water partition coefficient (Wildman–Crippen LogP) is 3.03. The Bertz CT molecular complexity index is 872. The quantitative estimate of drug-likeness (QED) is 0.781. The van der Waals surface area contributed by atoms with Crippen molar-refractivity contribution in [1.29, 1.82) is 0 Å². The molecule has 1 aliphatic rings. The fourth-order valence-corrected chi connectivity index (χ4v) is 2.52. The van der Waals surface area contributed by atoms with E-state index in [9.17, 15) is 9.59 Å². The minimum absolute atomic E-state index is 0.0293. The van der Waals surface area contributed by atoms with Gasteiger partial charge in [-0.25, -0.2) is 9.59 Å². The van der Waals surface area contributed by atoms with Gasteiger partial charge in [0.15, 0.2) is 5.75 Å². The zero-order valence-corrected chi connectivity index (χ0v) is 14.5. The number of hydrogen-bond acceptors (Lipinski definition) is 7. The fraction of sp³-hybridized carbons (Fsp3) is 0.158. The molecule has 1 heterocycles. The Labute approximate surface area is 150 Å². The van der Waals surface area contributed by atoms with Gasteiger partial charge in [-0.2, -0.15) is 0 Å². The highest BCUT2D eigenvalue weighted by atomic mass is 16.6. The van der Waals surface area contributed by atoms with Gasteiger partial charge in [0.2, 0.25) is 5.76 Å². The lowest BCUT2D eigenvalue weighted by molar-refractivity contribution is -0.138. The van der Waals surface area contributed by atoms with E-state index in [2.05, 4.69) is 0 Å². The highest BCUT2D eigenvalue weighted by molar-refractivity contribution is 5.94. The van der Waals surface area contributed by atoms with Crippen molar-refractivity contribution < 1.29 is 28.5 Å². The number of anilines is 2. The lowest BCUT2D eigenvalue weighted by Gasteiger charge is -2.28. The number of rotatable bonds is 4. The Morgan fingerprint density at radius 2 is 1.62 bits per heavy atom. The lowest BCUT2D eigenvalue weighted by Crippen LogP contribution is -2.22. The van der Waals surface area contributed by atoms with Gasteiger partial charge >= 0.3 is 11.9 Å². The number of benzene rings is 2. The SMILES string of the molecule is COC(=O)C1=CN(c2ccc(OC)cc2)c2cc(C(=O)OC)ccc2O1. The number of nitrogens with zero attached hydrogens (tertiary/aromatic N) is 1. The van der Waals surface area contributed by atoms with Gasteiger partial charge in [-0.3, -0.25) is 0 Å². The van der Waals surface area contributed by atoms with E-state index in [0.29, 0.717) is 22.7 Å². The summed E-state index contributed by atoms with van der Waals surface area (Å²) in [5, 5.41) is 0. The van der Waals surface area contributed by atoms with Crippen molar-refractivity contribution >= 4 is 23.3 Å². The molecule has 3 rings (SSSR count). The second kappa shape index (κ2) is 7.18. The molecule has 0 saturated carbocycles. The van der Waals surface area contributed by atoms with Crippen LogP contribution in [0.4, 0.5) is 11.4 Å². The average Bonchev–Trinajstić information content (AvgIpc) is 2.71. The minimum Gasteiger partial charge on any atom is -0.497 e. The third-order valence-electron chi connectivity index (χ3n) is 3.84. The molecule has 0 radical (unpaired) electrons. The molecule has 26 heavy (non-hydrogen) atoms. The summed E-state index contributed by atoms with van der Waals surface area (Å²) in [6, 6.07) is 12.0. The Hall–Kier alpha value is -3.48. The van der Waals surface area contributed by atoms with Crippen LogP contribution in [-0.2, 0) is 14.3 Å². The van der Waals surface area contributed by atoms with Gasteiger partial charge in [0.1, 0.15) is 5.75 Å². The van der Waals surface area contributed by atoms with Gasteiger partial charge in [0.25, 0.3) is 0 Å². The van der Waals surface area contributed by atoms with Crippen LogP contribution in [-0.4, -0.2) is 33.3 Å². The summed E-state index contributed by atoms with van der Waals surface area (Å²) >= 11 is 0. The van der Waals surface area contributed by atoms with Crippen molar-refractivity contribution in [3.63, 3.8) is 0 Å². The van der Waals surface area contributed by atoms with E-state index in [-0.39, 0.29) is 5.76 Å². The third-order valence-corrected chi connectivity index (χ3v) is 3.84. The molecule has 0 unspecified atom stereocenters. The molecular formula is C19H17NO6. The fourth-order valence-electron chi connectivity index (χ4n) is 2.52. The lowest BCUT2D eigenvalue weighted by atomic mass is 10.1. The van der Waals surface area contributed by atoms with Gasteiger partial charge in [0, 0.05) is 5.69 Å². The van der Waals surface area contributed by atoms with E-state index in [1.165, 1.54) is 20.4 Å². The zero-order chi connectivity index (χ0) is 18.7. The molecule has 2 aromatic carbocycles. The predicted molar refractivity (Wildman–Crippen MR) is 93.6 cm³/mol. The number of esters is 2. The number of carbonyl (C=O) groups is 2. The normalized spacial score (nSPS) is 12.4. The first kappa shape index (κ1) is 17.3. The summed E-state index contributed by atoms with van der Waals surface area (Å²) in [6.45, 7) is 0. The second-order valence-corrected chi connectivity index (χ2v) is 5.33. The van der Waals surface area contributed by atoms with Gasteiger partial charge < -0.3 is 23.8 Å². The van der Waals surface area contributed by atoms with Crippen molar-refractivity contribution in [1.82, 2.24) is 0 Å². The molecule has 0 atom stereocenters. The van der Waals surface area contributed by atoms with Crippen molar-refractivity contribution in [2.45, 2.75) is 0 Å². The number of ether oxygens (including phenoxy) is 4. The van der Waals surface area contributed by atoms with Gasteiger partial charge in [-0.15, -0.1) is 0 Å². The van der Waals surface area contributed by atoms with Gasteiger partial charge in [0.05, 0.1) is 38.8 Å². The van der Waals surface area contributed by atoms with E-state index in [0.717, 1.165) is 5.69 Å². The van der Waals surface area contributed by atoms with Crippen LogP contribution < -0.4 is 14.4 Å². The summed E-state index contributed by atoms with van der Waals surface area (Å²) in [5.41, 5.74) is 1.70. The molecule has 0 spiro atoms. The molecule has 0 fully saturated rings. The third kappa shape index (κ3) is 3.19. The number of hydrogen-bond donors (Lipinski definition) is 0. The largest absolute Gasteiger partial charge is 0.497 e. The standard InChI is InChI=1S/C19H17NO6/c1-23-14-7-5-13(6-8-14)20-11-17(19(22)25-3)26-16-9-4-12(10-15(16)20)18(21)24-2/h4-11H,1-3H3. The van der Waals surface area contributed by atoms with Crippen LogP contribution in [0.2, 0.25) is 0 Å². The molecule has 134 valence electrons. The van der Waals surface area contributed by atoms with E-state index in [4.69, 9.17) is 18.9 Å². The molecule has 0 saturated heterocycles. The maximum Gasteiger partial charge on any atom is 0.375 e. The molecule has 7 nitrogen and oxygen atoms in total. The molecule has 0 bridgehead atoms. The first-order valence-electron chi connectivity index (χ1n) is 7.71. The van der Waals surface area contributed by atoms with Crippen molar-refractivity contribution in [3.8, 4) is 11.5 Å². The van der Waals surface area contributed by atoms with E-state index >= 15 is 0 Å². The summed E-state index contributed by atoms with van der Waals surface area (Å²) < 4.78 is 20.3. The van der Waals surface area contributed by atoms with Crippen LogP contribution in [0.15, 0.2) is 54.4 Å². The topological polar surface area (TPSA) is 74.3 Å². The van der Waals surface area contributed by atoms with Crippen LogP contribution in [0.3, 0.4) is 0 Å². The molecule has 0 amide bonds. The zero-order valence-electron chi connectivity index (χ0n) is 14.5. The summed E-state index contributed by atoms with van der Waals surface area (Å²) in [7, 11) is 4.17. The molecule has 0 N–H and O–H groups in total. The molecular weight excluding hydrogens is 338 g/mol. The summed E-state index contributed by atoms with van der Waals surface area (Å²) in [6.07, 6.45) is 1.51. The van der Waals surface area contributed by atoms with Crippen LogP contribution in [0.1, 0.15) is 10.4 Å². The van der Waals surface area contributed by atoms with Crippen LogP contribution >= 0.6 is 0 Å². The average molecular weight is 355 g/mol. The Balaban J connectivity index is 2.10. The Kier molecular flexibility index (Phi) is 4.79. The van der Waals surface area contributed by atoms with Crippen LogP contribution in [0.25, 0.3) is 0 Å². The number of carbonyl (C=O) groups excluding carboxylic acids is 2. The highest BCUT2D eigenvalue weighted by Crippen LogP contribution is 2.40. The Morgan fingerprint density at radius 3 is 2.23 bits per heavy atom. The molecule has 7 heteroatoms. The van der Waals surface area contributed by atoms with Crippen molar-refractivity contribution in [2.24, 2.45) is 0 Å². The molecule has 2 aromatic rings. The van der Waals surface area contributed by atoms with Gasteiger partial charge in [-0.05, 0) is 42.5 Å².